The number of nitrogens with zero attached hydrogens (tertiary/aromatic N) is 1. The number of rotatable bonds is 5. The van der Waals surface area contributed by atoms with Gasteiger partial charge in [0.1, 0.15) is 5.75 Å². The average Bonchev–Trinajstić information content (AvgIpc) is 3.16. The van der Waals surface area contributed by atoms with E-state index in [9.17, 15) is 4.79 Å². The molecule has 1 fully saturated rings. The average molecular weight is 345 g/mol. The van der Waals surface area contributed by atoms with Gasteiger partial charge >= 0.3 is 0 Å². The lowest BCUT2D eigenvalue weighted by Crippen LogP contribution is -2.47. The van der Waals surface area contributed by atoms with Gasteiger partial charge in [-0.2, -0.15) is 11.3 Å². The molecule has 128 valence electrons. The van der Waals surface area contributed by atoms with Gasteiger partial charge < -0.3 is 14.4 Å². The predicted molar refractivity (Wildman–Crippen MR) is 95.8 cm³/mol. The summed E-state index contributed by atoms with van der Waals surface area (Å²) in [6, 6.07) is 10.0. The normalized spacial score (nSPS) is 20.8. The zero-order valence-corrected chi connectivity index (χ0v) is 14.9. The number of thiophene rings is 1. The van der Waals surface area contributed by atoms with Crippen molar-refractivity contribution in [3.63, 3.8) is 0 Å². The number of piperidine rings is 1. The summed E-state index contributed by atoms with van der Waals surface area (Å²) in [5.74, 6) is 1.30. The zero-order valence-electron chi connectivity index (χ0n) is 14.1. The number of carbonyl (C=O) groups is 1. The Bertz CT molecular complexity index is 654. The van der Waals surface area contributed by atoms with Crippen LogP contribution < -0.4 is 4.74 Å². The van der Waals surface area contributed by atoms with Gasteiger partial charge in [0.25, 0.3) is 5.91 Å². The minimum atomic E-state index is 0.130. The van der Waals surface area contributed by atoms with Crippen molar-refractivity contribution in [1.82, 2.24) is 4.90 Å². The molecule has 0 unspecified atom stereocenters. The van der Waals surface area contributed by atoms with Crippen molar-refractivity contribution >= 4 is 17.2 Å². The first-order chi connectivity index (χ1) is 11.7. The number of likely N-dealkylation sites (tertiary alicyclic amines) is 1. The van der Waals surface area contributed by atoms with Gasteiger partial charge in [-0.25, -0.2) is 0 Å². The van der Waals surface area contributed by atoms with Crippen LogP contribution >= 0.6 is 11.3 Å². The molecule has 0 spiro atoms. The highest BCUT2D eigenvalue weighted by Gasteiger charge is 2.32. The fraction of sp³-hybridized carbons (Fsp3) is 0.421. The summed E-state index contributed by atoms with van der Waals surface area (Å²) in [5.41, 5.74) is 2.03. The van der Waals surface area contributed by atoms with E-state index in [2.05, 4.69) is 12.1 Å². The number of carbonyl (C=O) groups excluding carboxylic acids is 1. The van der Waals surface area contributed by atoms with Crippen molar-refractivity contribution in [3.05, 3.63) is 52.2 Å². The summed E-state index contributed by atoms with van der Waals surface area (Å²) in [5, 5.41) is 3.87. The predicted octanol–water partition coefficient (Wildman–Crippen LogP) is 3.48. The Morgan fingerprint density at radius 2 is 2.04 bits per heavy atom. The first-order valence-electron chi connectivity index (χ1n) is 8.18. The number of amides is 1. The van der Waals surface area contributed by atoms with E-state index in [1.54, 1.807) is 25.6 Å². The lowest BCUT2D eigenvalue weighted by molar-refractivity contribution is -0.00297. The molecule has 1 aromatic carbocycles. The minimum Gasteiger partial charge on any atom is -0.497 e. The molecule has 4 nitrogen and oxygen atoms in total. The molecule has 0 aliphatic carbocycles. The Kier molecular flexibility index (Phi) is 5.53. The molecule has 1 aromatic heterocycles. The third-order valence-corrected chi connectivity index (χ3v) is 5.36. The van der Waals surface area contributed by atoms with Crippen LogP contribution in [0.3, 0.4) is 0 Å². The van der Waals surface area contributed by atoms with Crippen LogP contribution in [0.2, 0.25) is 0 Å². The van der Waals surface area contributed by atoms with Crippen LogP contribution in [0.15, 0.2) is 41.1 Å². The topological polar surface area (TPSA) is 38.8 Å². The molecule has 0 N–H and O–H groups in total. The van der Waals surface area contributed by atoms with Crippen LogP contribution in [0.4, 0.5) is 0 Å². The van der Waals surface area contributed by atoms with Crippen molar-refractivity contribution in [2.45, 2.75) is 18.9 Å². The van der Waals surface area contributed by atoms with Crippen molar-refractivity contribution in [3.8, 4) is 5.75 Å². The van der Waals surface area contributed by atoms with Crippen LogP contribution in [0.1, 0.15) is 22.3 Å². The van der Waals surface area contributed by atoms with E-state index in [1.165, 1.54) is 5.56 Å². The molecule has 5 heteroatoms. The molecule has 24 heavy (non-hydrogen) atoms. The van der Waals surface area contributed by atoms with E-state index in [1.807, 2.05) is 33.9 Å². The molecule has 2 aromatic rings. The maximum absolute atomic E-state index is 12.6. The molecule has 3 rings (SSSR count). The molecule has 1 saturated heterocycles. The van der Waals surface area contributed by atoms with E-state index in [0.29, 0.717) is 5.92 Å². The van der Waals surface area contributed by atoms with Gasteiger partial charge in [-0.05, 0) is 42.0 Å². The van der Waals surface area contributed by atoms with Gasteiger partial charge in [-0.3, -0.25) is 4.79 Å². The second-order valence-corrected chi connectivity index (χ2v) is 6.92. The second-order valence-electron chi connectivity index (χ2n) is 6.14. The molecule has 0 bridgehead atoms. The van der Waals surface area contributed by atoms with E-state index < -0.39 is 0 Å². The van der Waals surface area contributed by atoms with E-state index in [0.717, 1.165) is 37.2 Å². The Balaban J connectivity index is 1.69. The molecule has 0 radical (unpaired) electrons. The monoisotopic (exact) mass is 345 g/mol. The Morgan fingerprint density at radius 3 is 2.67 bits per heavy atom. The number of hydrogen-bond donors (Lipinski definition) is 0. The highest BCUT2D eigenvalue weighted by molar-refractivity contribution is 7.08. The summed E-state index contributed by atoms with van der Waals surface area (Å²) >= 11 is 1.56. The Hall–Kier alpha value is -1.85. The molecular formula is C19H23NO3S. The molecule has 2 atom stereocenters. The zero-order chi connectivity index (χ0) is 16.9. The standard InChI is InChI=1S/C19H23NO3S/c1-22-17-5-3-14(4-6-17)11-16-12-20(9-7-18(16)23-2)19(21)15-8-10-24-13-15/h3-6,8,10,13,16,18H,7,9,11-12H2,1-2H3/t16-,18+/m0/s1. The highest BCUT2D eigenvalue weighted by atomic mass is 32.1. The SMILES string of the molecule is COc1ccc(C[C@H]2CN(C(=O)c3ccsc3)CC[C@H]2OC)cc1. The van der Waals surface area contributed by atoms with Crippen molar-refractivity contribution < 1.29 is 14.3 Å². The number of ether oxygens (including phenoxy) is 2. The fourth-order valence-corrected chi connectivity index (χ4v) is 3.96. The summed E-state index contributed by atoms with van der Waals surface area (Å²) in [7, 11) is 3.44. The second kappa shape index (κ2) is 7.81. The van der Waals surface area contributed by atoms with Crippen molar-refractivity contribution in [2.24, 2.45) is 5.92 Å². The fourth-order valence-electron chi connectivity index (χ4n) is 3.33. The van der Waals surface area contributed by atoms with Crippen molar-refractivity contribution in [1.29, 1.82) is 0 Å². The molecule has 1 aliphatic rings. The highest BCUT2D eigenvalue weighted by Crippen LogP contribution is 2.26. The van der Waals surface area contributed by atoms with Crippen LogP contribution in [0.5, 0.6) is 5.75 Å². The number of hydrogen-bond acceptors (Lipinski definition) is 4. The summed E-state index contributed by atoms with van der Waals surface area (Å²) in [4.78, 5) is 14.6. The lowest BCUT2D eigenvalue weighted by Gasteiger charge is -2.38. The smallest absolute Gasteiger partial charge is 0.254 e. The third-order valence-electron chi connectivity index (χ3n) is 4.68. The first-order valence-corrected chi connectivity index (χ1v) is 9.12. The van der Waals surface area contributed by atoms with E-state index >= 15 is 0 Å². The van der Waals surface area contributed by atoms with Gasteiger partial charge in [-0.1, -0.05) is 12.1 Å². The maximum atomic E-state index is 12.6. The Morgan fingerprint density at radius 1 is 1.25 bits per heavy atom. The number of benzene rings is 1. The van der Waals surface area contributed by atoms with Crippen LogP contribution in [0.25, 0.3) is 0 Å². The van der Waals surface area contributed by atoms with Gasteiger partial charge in [0, 0.05) is 31.5 Å². The maximum Gasteiger partial charge on any atom is 0.254 e. The molecule has 2 heterocycles. The molecule has 1 aliphatic heterocycles. The molecule has 0 saturated carbocycles. The van der Waals surface area contributed by atoms with Gasteiger partial charge in [0.2, 0.25) is 0 Å². The Labute approximate surface area is 147 Å². The summed E-state index contributed by atoms with van der Waals surface area (Å²) in [6.45, 7) is 1.49. The van der Waals surface area contributed by atoms with Gasteiger partial charge in [0.15, 0.2) is 0 Å². The van der Waals surface area contributed by atoms with Gasteiger partial charge in [0.05, 0.1) is 18.8 Å². The van der Waals surface area contributed by atoms with Crippen LogP contribution in [0, 0.1) is 5.92 Å². The third kappa shape index (κ3) is 3.79. The van der Waals surface area contributed by atoms with Crippen LogP contribution in [-0.4, -0.2) is 44.2 Å². The number of methoxy groups -OCH3 is 2. The largest absolute Gasteiger partial charge is 0.497 e. The molecule has 1 amide bonds. The summed E-state index contributed by atoms with van der Waals surface area (Å²) in [6.07, 6.45) is 1.97. The van der Waals surface area contributed by atoms with E-state index in [-0.39, 0.29) is 12.0 Å². The van der Waals surface area contributed by atoms with E-state index in [4.69, 9.17) is 9.47 Å². The minimum absolute atomic E-state index is 0.130. The lowest BCUT2D eigenvalue weighted by atomic mass is 9.88. The quantitative estimate of drug-likeness (QED) is 0.833. The van der Waals surface area contributed by atoms with Gasteiger partial charge in [-0.15, -0.1) is 0 Å². The summed E-state index contributed by atoms with van der Waals surface area (Å²) < 4.78 is 10.9. The molecular weight excluding hydrogens is 322 g/mol. The van der Waals surface area contributed by atoms with Crippen LogP contribution in [-0.2, 0) is 11.2 Å². The van der Waals surface area contributed by atoms with Crippen molar-refractivity contribution in [2.75, 3.05) is 27.3 Å². The first kappa shape index (κ1) is 17.0.